The molecule has 0 radical (unpaired) electrons. The van der Waals surface area contributed by atoms with E-state index < -0.39 is 0 Å². The third-order valence-electron chi connectivity index (χ3n) is 2.77. The van der Waals surface area contributed by atoms with Gasteiger partial charge in [-0.25, -0.2) is 15.0 Å². The fourth-order valence-corrected chi connectivity index (χ4v) is 1.88. The molecule has 0 fully saturated rings. The highest BCUT2D eigenvalue weighted by Gasteiger charge is 2.19. The van der Waals surface area contributed by atoms with Crippen LogP contribution in [0.3, 0.4) is 0 Å². The summed E-state index contributed by atoms with van der Waals surface area (Å²) in [4.78, 5) is 12.2. The van der Waals surface area contributed by atoms with E-state index in [0.29, 0.717) is 30.2 Å². The second-order valence-corrected chi connectivity index (χ2v) is 3.75. The van der Waals surface area contributed by atoms with E-state index in [0.717, 1.165) is 11.3 Å². The Hall–Kier alpha value is -1.99. The summed E-state index contributed by atoms with van der Waals surface area (Å²) in [5.41, 5.74) is 8.60. The zero-order chi connectivity index (χ0) is 11.8. The molecule has 3 N–H and O–H groups in total. The number of aromatic nitrogens is 4. The summed E-state index contributed by atoms with van der Waals surface area (Å²) in [5.74, 6) is 0.346. The Balaban J connectivity index is 2.22. The van der Waals surface area contributed by atoms with Gasteiger partial charge in [-0.05, 0) is 0 Å². The average Bonchev–Trinajstić information content (AvgIpc) is 2.94. The molecule has 0 amide bonds. The van der Waals surface area contributed by atoms with E-state index in [4.69, 9.17) is 10.5 Å². The number of anilines is 1. The molecule has 17 heavy (non-hydrogen) atoms. The van der Waals surface area contributed by atoms with Gasteiger partial charge in [0.2, 0.25) is 0 Å². The number of imidazole rings is 1. The smallest absolute Gasteiger partial charge is 0.169 e. The van der Waals surface area contributed by atoms with Crippen molar-refractivity contribution >= 4 is 22.7 Å². The minimum atomic E-state index is -0.0322. The van der Waals surface area contributed by atoms with E-state index in [-0.39, 0.29) is 6.61 Å². The van der Waals surface area contributed by atoms with Gasteiger partial charge < -0.3 is 15.6 Å². The van der Waals surface area contributed by atoms with Gasteiger partial charge in [0.1, 0.15) is 12.7 Å². The number of nitrogens with two attached hydrogens (primary N) is 1. The van der Waals surface area contributed by atoms with Crippen molar-refractivity contribution in [1.82, 2.24) is 19.5 Å². The number of hydrogen-bond acceptors (Lipinski definition) is 6. The van der Waals surface area contributed by atoms with Crippen LogP contribution < -0.4 is 5.73 Å². The Labute approximate surface area is 96.6 Å². The second kappa shape index (κ2) is 3.79. The molecule has 7 nitrogen and oxygen atoms in total. The van der Waals surface area contributed by atoms with Gasteiger partial charge in [-0.3, -0.25) is 4.57 Å². The summed E-state index contributed by atoms with van der Waals surface area (Å²) >= 11 is 0. The maximum atomic E-state index is 9.23. The summed E-state index contributed by atoms with van der Waals surface area (Å²) in [6.45, 7) is 0.840. The lowest BCUT2D eigenvalue weighted by molar-refractivity contribution is 0.200. The van der Waals surface area contributed by atoms with Gasteiger partial charge >= 0.3 is 0 Å². The number of hydrogen-bond donors (Lipinski definition) is 2. The van der Waals surface area contributed by atoms with Crippen molar-refractivity contribution in [2.45, 2.75) is 0 Å². The lowest BCUT2D eigenvalue weighted by atomic mass is 10.2. The summed E-state index contributed by atoms with van der Waals surface area (Å²) in [6.07, 6.45) is 3.01. The molecule has 7 heteroatoms. The van der Waals surface area contributed by atoms with Crippen molar-refractivity contribution in [2.75, 3.05) is 25.6 Å². The van der Waals surface area contributed by atoms with Gasteiger partial charge in [-0.15, -0.1) is 0 Å². The van der Waals surface area contributed by atoms with Crippen LogP contribution in [0.4, 0.5) is 5.82 Å². The third kappa shape index (κ3) is 1.48. The number of rotatable bonds is 2. The van der Waals surface area contributed by atoms with Crippen LogP contribution in [0.15, 0.2) is 18.2 Å². The molecule has 1 aliphatic heterocycles. The molecule has 1 aliphatic rings. The quantitative estimate of drug-likeness (QED) is 0.735. The molecule has 0 spiro atoms. The van der Waals surface area contributed by atoms with E-state index >= 15 is 0 Å². The SMILES string of the molecule is Nc1ncnc2c1ncn2C1=C(CO)COC1. The monoisotopic (exact) mass is 233 g/mol. The van der Waals surface area contributed by atoms with Crippen LogP contribution in [0.2, 0.25) is 0 Å². The van der Waals surface area contributed by atoms with E-state index in [9.17, 15) is 5.11 Å². The molecular formula is C10H11N5O2. The molecule has 88 valence electrons. The number of ether oxygens (including phenoxy) is 1. The standard InChI is InChI=1S/C10H11N5O2/c11-9-8-10(13-4-12-9)15(5-14-8)7-3-17-2-6(7)1-16/h4-5,16H,1-3H2,(H2,11,12,13). The number of nitrogens with zero attached hydrogens (tertiary/aromatic N) is 4. The Bertz CT molecular complexity index is 604. The van der Waals surface area contributed by atoms with Crippen LogP contribution >= 0.6 is 0 Å². The minimum Gasteiger partial charge on any atom is -0.392 e. The van der Waals surface area contributed by atoms with Gasteiger partial charge in [0.05, 0.1) is 25.5 Å². The largest absolute Gasteiger partial charge is 0.392 e. The van der Waals surface area contributed by atoms with Crippen LogP contribution in [-0.2, 0) is 4.74 Å². The normalized spacial score (nSPS) is 16.1. The third-order valence-corrected chi connectivity index (χ3v) is 2.77. The van der Waals surface area contributed by atoms with E-state index in [1.165, 1.54) is 6.33 Å². The number of aliphatic hydroxyl groups is 1. The highest BCUT2D eigenvalue weighted by Crippen LogP contribution is 2.23. The molecule has 0 aromatic carbocycles. The van der Waals surface area contributed by atoms with Gasteiger partial charge in [-0.2, -0.15) is 0 Å². The number of fused-ring (bicyclic) bond motifs is 1. The van der Waals surface area contributed by atoms with Crippen LogP contribution in [0, 0.1) is 0 Å². The van der Waals surface area contributed by atoms with Crippen molar-refractivity contribution in [3.63, 3.8) is 0 Å². The second-order valence-electron chi connectivity index (χ2n) is 3.75. The van der Waals surface area contributed by atoms with Crippen molar-refractivity contribution in [3.05, 3.63) is 18.2 Å². The van der Waals surface area contributed by atoms with Crippen molar-refractivity contribution in [2.24, 2.45) is 0 Å². The first kappa shape index (κ1) is 10.2. The summed E-state index contributed by atoms with van der Waals surface area (Å²) in [7, 11) is 0. The molecule has 3 heterocycles. The predicted molar refractivity (Wildman–Crippen MR) is 60.9 cm³/mol. The van der Waals surface area contributed by atoms with Crippen LogP contribution in [0.25, 0.3) is 16.9 Å². The fraction of sp³-hybridized carbons (Fsp3) is 0.300. The molecular weight excluding hydrogens is 222 g/mol. The van der Waals surface area contributed by atoms with Crippen molar-refractivity contribution in [3.8, 4) is 0 Å². The molecule has 0 aliphatic carbocycles. The fourth-order valence-electron chi connectivity index (χ4n) is 1.88. The molecule has 0 atom stereocenters. The van der Waals surface area contributed by atoms with Crippen LogP contribution in [-0.4, -0.2) is 44.4 Å². The highest BCUT2D eigenvalue weighted by molar-refractivity contribution is 5.84. The Morgan fingerprint density at radius 2 is 2.24 bits per heavy atom. The van der Waals surface area contributed by atoms with Crippen LogP contribution in [0.1, 0.15) is 0 Å². The molecule has 0 saturated heterocycles. The number of aliphatic hydroxyl groups excluding tert-OH is 1. The highest BCUT2D eigenvalue weighted by atomic mass is 16.5. The first-order chi connectivity index (χ1) is 8.31. The average molecular weight is 233 g/mol. The Morgan fingerprint density at radius 1 is 1.35 bits per heavy atom. The maximum absolute atomic E-state index is 9.23. The zero-order valence-electron chi connectivity index (χ0n) is 9.00. The minimum absolute atomic E-state index is 0.0322. The van der Waals surface area contributed by atoms with E-state index in [1.54, 1.807) is 10.9 Å². The molecule has 3 rings (SSSR count). The number of nitrogen functional groups attached to an aromatic ring is 1. The maximum Gasteiger partial charge on any atom is 0.169 e. The summed E-state index contributed by atoms with van der Waals surface area (Å²) in [5, 5.41) is 9.23. The Morgan fingerprint density at radius 3 is 3.06 bits per heavy atom. The molecule has 2 aromatic heterocycles. The predicted octanol–water partition coefficient (Wildman–Crippen LogP) is -0.358. The molecule has 0 bridgehead atoms. The molecule has 2 aromatic rings. The topological polar surface area (TPSA) is 99.1 Å². The first-order valence-electron chi connectivity index (χ1n) is 5.14. The van der Waals surface area contributed by atoms with Gasteiger partial charge in [0, 0.05) is 5.57 Å². The zero-order valence-corrected chi connectivity index (χ0v) is 9.00. The van der Waals surface area contributed by atoms with E-state index in [2.05, 4.69) is 15.0 Å². The van der Waals surface area contributed by atoms with Crippen LogP contribution in [0.5, 0.6) is 0 Å². The van der Waals surface area contributed by atoms with E-state index in [1.807, 2.05) is 0 Å². The summed E-state index contributed by atoms with van der Waals surface area (Å²) in [6, 6.07) is 0. The van der Waals surface area contributed by atoms with Gasteiger partial charge in [-0.1, -0.05) is 0 Å². The molecule has 0 unspecified atom stereocenters. The van der Waals surface area contributed by atoms with Crippen molar-refractivity contribution in [1.29, 1.82) is 0 Å². The Kier molecular flexibility index (Phi) is 2.27. The van der Waals surface area contributed by atoms with Gasteiger partial charge in [0.25, 0.3) is 0 Å². The molecule has 0 saturated carbocycles. The lowest BCUT2D eigenvalue weighted by Crippen LogP contribution is -2.03. The van der Waals surface area contributed by atoms with Gasteiger partial charge in [0.15, 0.2) is 17.0 Å². The lowest BCUT2D eigenvalue weighted by Gasteiger charge is -2.05. The summed E-state index contributed by atoms with van der Waals surface area (Å²) < 4.78 is 7.09. The first-order valence-corrected chi connectivity index (χ1v) is 5.14. The van der Waals surface area contributed by atoms with Crippen molar-refractivity contribution < 1.29 is 9.84 Å².